The van der Waals surface area contributed by atoms with Crippen molar-refractivity contribution in [1.29, 1.82) is 0 Å². The summed E-state index contributed by atoms with van der Waals surface area (Å²) in [6.45, 7) is 0. The van der Waals surface area contributed by atoms with Crippen LogP contribution in [-0.2, 0) is 5.75 Å². The second kappa shape index (κ2) is 6.63. The van der Waals surface area contributed by atoms with Crippen molar-refractivity contribution >= 4 is 29.1 Å². The molecule has 0 aromatic heterocycles. The Morgan fingerprint density at radius 2 is 1.95 bits per heavy atom. The SMILES string of the molecule is COc1ccc([N+](=O)[O-])cc1CSc1ccc(Cl)cc1. The number of hydrogen-bond acceptors (Lipinski definition) is 4. The van der Waals surface area contributed by atoms with Crippen molar-refractivity contribution in [2.75, 3.05) is 7.11 Å². The third-order valence-electron chi connectivity index (χ3n) is 2.68. The lowest BCUT2D eigenvalue weighted by atomic mass is 10.2. The number of nitrogens with zero attached hydrogens (tertiary/aromatic N) is 1. The number of ether oxygens (including phenoxy) is 1. The van der Waals surface area contributed by atoms with E-state index in [9.17, 15) is 10.1 Å². The van der Waals surface area contributed by atoms with Crippen LogP contribution in [0.25, 0.3) is 0 Å². The Hall–Kier alpha value is -1.72. The summed E-state index contributed by atoms with van der Waals surface area (Å²) in [5.74, 6) is 1.24. The van der Waals surface area contributed by atoms with Crippen molar-refractivity contribution in [1.82, 2.24) is 0 Å². The molecule has 0 amide bonds. The number of thioether (sulfide) groups is 1. The van der Waals surface area contributed by atoms with Gasteiger partial charge in [0.25, 0.3) is 5.69 Å². The molecule has 0 N–H and O–H groups in total. The van der Waals surface area contributed by atoms with Gasteiger partial charge in [-0.15, -0.1) is 11.8 Å². The van der Waals surface area contributed by atoms with Gasteiger partial charge >= 0.3 is 0 Å². The van der Waals surface area contributed by atoms with Gasteiger partial charge in [-0.3, -0.25) is 10.1 Å². The smallest absolute Gasteiger partial charge is 0.270 e. The fourth-order valence-corrected chi connectivity index (χ4v) is 2.69. The van der Waals surface area contributed by atoms with Crippen LogP contribution in [0.3, 0.4) is 0 Å². The molecule has 4 nitrogen and oxygen atoms in total. The van der Waals surface area contributed by atoms with Crippen LogP contribution in [0, 0.1) is 10.1 Å². The molecule has 104 valence electrons. The first-order valence-electron chi connectivity index (χ1n) is 5.80. The predicted octanol–water partition coefficient (Wildman–Crippen LogP) is 4.55. The molecule has 2 rings (SSSR count). The van der Waals surface area contributed by atoms with Crippen molar-refractivity contribution in [3.63, 3.8) is 0 Å². The van der Waals surface area contributed by atoms with Crippen LogP contribution >= 0.6 is 23.4 Å². The molecule has 0 heterocycles. The lowest BCUT2D eigenvalue weighted by molar-refractivity contribution is -0.384. The van der Waals surface area contributed by atoms with Crippen LogP contribution in [0.1, 0.15) is 5.56 Å². The number of nitro groups is 1. The molecular formula is C14H12ClNO3S. The molecule has 0 bridgehead atoms. The summed E-state index contributed by atoms with van der Waals surface area (Å²) in [5, 5.41) is 11.5. The normalized spacial score (nSPS) is 10.3. The molecule has 2 aromatic rings. The minimum atomic E-state index is -0.407. The van der Waals surface area contributed by atoms with E-state index in [1.807, 2.05) is 24.3 Å². The molecule has 0 aliphatic heterocycles. The van der Waals surface area contributed by atoms with Gasteiger partial charge in [0, 0.05) is 33.4 Å². The third-order valence-corrected chi connectivity index (χ3v) is 4.00. The zero-order valence-electron chi connectivity index (χ0n) is 10.7. The summed E-state index contributed by atoms with van der Waals surface area (Å²) in [7, 11) is 1.55. The largest absolute Gasteiger partial charge is 0.496 e. The van der Waals surface area contributed by atoms with E-state index in [-0.39, 0.29) is 5.69 Å². The molecule has 0 saturated heterocycles. The average molecular weight is 310 g/mol. The van der Waals surface area contributed by atoms with Gasteiger partial charge < -0.3 is 4.74 Å². The minimum absolute atomic E-state index is 0.0671. The molecule has 0 fully saturated rings. The molecule has 0 saturated carbocycles. The van der Waals surface area contributed by atoms with Crippen molar-refractivity contribution in [2.24, 2.45) is 0 Å². The Balaban J connectivity index is 2.16. The summed E-state index contributed by atoms with van der Waals surface area (Å²) >= 11 is 7.40. The van der Waals surface area contributed by atoms with Gasteiger partial charge in [0.15, 0.2) is 0 Å². The second-order valence-electron chi connectivity index (χ2n) is 4.00. The van der Waals surface area contributed by atoms with Crippen molar-refractivity contribution < 1.29 is 9.66 Å². The molecule has 0 aliphatic carbocycles. The molecule has 0 spiro atoms. The Morgan fingerprint density at radius 1 is 1.25 bits per heavy atom. The first-order chi connectivity index (χ1) is 9.60. The molecule has 6 heteroatoms. The summed E-state index contributed by atoms with van der Waals surface area (Å²) < 4.78 is 5.23. The van der Waals surface area contributed by atoms with E-state index in [4.69, 9.17) is 16.3 Å². The topological polar surface area (TPSA) is 52.4 Å². The lowest BCUT2D eigenvalue weighted by Crippen LogP contribution is -1.94. The number of halogens is 1. The standard InChI is InChI=1S/C14H12ClNO3S/c1-19-14-7-4-12(16(17)18)8-10(14)9-20-13-5-2-11(15)3-6-13/h2-8H,9H2,1H3. The summed E-state index contributed by atoms with van der Waals surface area (Å²) in [6, 6.07) is 12.1. The fraction of sp³-hybridized carbons (Fsp3) is 0.143. The molecule has 0 unspecified atom stereocenters. The number of methoxy groups -OCH3 is 1. The maximum Gasteiger partial charge on any atom is 0.270 e. The Bertz CT molecular complexity index is 616. The lowest BCUT2D eigenvalue weighted by Gasteiger charge is -2.08. The summed E-state index contributed by atoms with van der Waals surface area (Å²) in [6.07, 6.45) is 0. The zero-order valence-corrected chi connectivity index (χ0v) is 12.3. The van der Waals surface area contributed by atoms with E-state index >= 15 is 0 Å². The Kier molecular flexibility index (Phi) is 4.87. The molecule has 20 heavy (non-hydrogen) atoms. The summed E-state index contributed by atoms with van der Waals surface area (Å²) in [4.78, 5) is 11.4. The Labute approximate surface area is 125 Å². The van der Waals surface area contributed by atoms with Crippen LogP contribution in [0.15, 0.2) is 47.4 Å². The van der Waals surface area contributed by atoms with E-state index in [1.54, 1.807) is 31.0 Å². The molecule has 0 atom stereocenters. The van der Waals surface area contributed by atoms with Gasteiger partial charge in [0.2, 0.25) is 0 Å². The third kappa shape index (κ3) is 3.65. The fourth-order valence-electron chi connectivity index (χ4n) is 1.68. The molecule has 2 aromatic carbocycles. The average Bonchev–Trinajstić information content (AvgIpc) is 2.46. The highest BCUT2D eigenvalue weighted by atomic mass is 35.5. The van der Waals surface area contributed by atoms with E-state index < -0.39 is 4.92 Å². The van der Waals surface area contributed by atoms with Crippen LogP contribution in [0.2, 0.25) is 5.02 Å². The van der Waals surface area contributed by atoms with Crippen LogP contribution in [-0.4, -0.2) is 12.0 Å². The quantitative estimate of drug-likeness (QED) is 0.462. The van der Waals surface area contributed by atoms with E-state index in [0.29, 0.717) is 16.5 Å². The molecule has 0 aliphatic rings. The maximum absolute atomic E-state index is 10.8. The molecule has 0 radical (unpaired) electrons. The first-order valence-corrected chi connectivity index (χ1v) is 7.16. The number of non-ortho nitro benzene ring substituents is 1. The van der Waals surface area contributed by atoms with Gasteiger partial charge in [-0.2, -0.15) is 0 Å². The van der Waals surface area contributed by atoms with Crippen molar-refractivity contribution in [3.8, 4) is 5.75 Å². The van der Waals surface area contributed by atoms with Crippen molar-refractivity contribution in [3.05, 3.63) is 63.2 Å². The highest BCUT2D eigenvalue weighted by molar-refractivity contribution is 7.98. The summed E-state index contributed by atoms with van der Waals surface area (Å²) in [5.41, 5.74) is 0.860. The van der Waals surface area contributed by atoms with Gasteiger partial charge in [0.05, 0.1) is 12.0 Å². The first kappa shape index (κ1) is 14.7. The van der Waals surface area contributed by atoms with E-state index in [1.165, 1.54) is 6.07 Å². The number of nitro benzene ring substituents is 1. The predicted molar refractivity (Wildman–Crippen MR) is 80.7 cm³/mol. The van der Waals surface area contributed by atoms with E-state index in [0.717, 1.165) is 10.5 Å². The van der Waals surface area contributed by atoms with Gasteiger partial charge in [-0.25, -0.2) is 0 Å². The highest BCUT2D eigenvalue weighted by Crippen LogP contribution is 2.31. The van der Waals surface area contributed by atoms with E-state index in [2.05, 4.69) is 0 Å². The molecular weight excluding hydrogens is 298 g/mol. The van der Waals surface area contributed by atoms with Crippen molar-refractivity contribution in [2.45, 2.75) is 10.6 Å². The van der Waals surface area contributed by atoms with Crippen LogP contribution in [0.5, 0.6) is 5.75 Å². The van der Waals surface area contributed by atoms with Gasteiger partial charge in [-0.05, 0) is 30.3 Å². The number of benzene rings is 2. The zero-order chi connectivity index (χ0) is 14.5. The number of hydrogen-bond donors (Lipinski definition) is 0. The maximum atomic E-state index is 10.8. The van der Waals surface area contributed by atoms with Crippen LogP contribution in [0.4, 0.5) is 5.69 Å². The van der Waals surface area contributed by atoms with Gasteiger partial charge in [0.1, 0.15) is 5.75 Å². The highest BCUT2D eigenvalue weighted by Gasteiger charge is 2.11. The number of rotatable bonds is 5. The van der Waals surface area contributed by atoms with Gasteiger partial charge in [-0.1, -0.05) is 11.6 Å². The second-order valence-corrected chi connectivity index (χ2v) is 5.48. The minimum Gasteiger partial charge on any atom is -0.496 e. The van der Waals surface area contributed by atoms with Crippen LogP contribution < -0.4 is 4.74 Å². The monoisotopic (exact) mass is 309 g/mol. The Morgan fingerprint density at radius 3 is 2.55 bits per heavy atom.